The Morgan fingerprint density at radius 1 is 0.958 bits per heavy atom. The molecule has 0 heterocycles. The van der Waals surface area contributed by atoms with Crippen molar-refractivity contribution >= 4 is 34.9 Å². The lowest BCUT2D eigenvalue weighted by molar-refractivity contribution is -0.115. The van der Waals surface area contributed by atoms with Gasteiger partial charge in [0.15, 0.2) is 0 Å². The van der Waals surface area contributed by atoms with E-state index in [4.69, 9.17) is 11.6 Å². The van der Waals surface area contributed by atoms with E-state index in [0.717, 1.165) is 22.4 Å². The van der Waals surface area contributed by atoms with Gasteiger partial charge in [-0.3, -0.25) is 4.79 Å². The fourth-order valence-corrected chi connectivity index (χ4v) is 2.56. The molecule has 0 fully saturated rings. The van der Waals surface area contributed by atoms with Crippen molar-refractivity contribution in [2.24, 2.45) is 0 Å². The maximum Gasteiger partial charge on any atom is 0.319 e. The van der Waals surface area contributed by atoms with Crippen LogP contribution in [0.3, 0.4) is 0 Å². The zero-order valence-corrected chi connectivity index (χ0v) is 14.6. The Morgan fingerprint density at radius 3 is 2.12 bits per heavy atom. The molecule has 3 amide bonds. The lowest BCUT2D eigenvalue weighted by Gasteiger charge is -2.13. The summed E-state index contributed by atoms with van der Waals surface area (Å²) in [6, 6.07) is 10.3. The number of urea groups is 1. The number of amides is 3. The Balaban J connectivity index is 1.87. The number of carbonyl (C=O) groups is 2. The summed E-state index contributed by atoms with van der Waals surface area (Å²) in [5.74, 6) is -0.281. The van der Waals surface area contributed by atoms with E-state index in [1.165, 1.54) is 0 Å². The first kappa shape index (κ1) is 17.8. The molecule has 5 nitrogen and oxygen atoms in total. The van der Waals surface area contributed by atoms with E-state index in [-0.39, 0.29) is 12.5 Å². The summed E-state index contributed by atoms with van der Waals surface area (Å²) < 4.78 is 0. The number of anilines is 2. The first-order valence-corrected chi connectivity index (χ1v) is 7.91. The molecule has 2 aromatic rings. The number of halogens is 1. The van der Waals surface area contributed by atoms with Gasteiger partial charge in [0.05, 0.1) is 6.54 Å². The standard InChI is InChI=1S/C18H20ClN3O2/c1-11-8-12(2)17(13(3)9-11)22-16(23)10-20-18(24)21-15-6-4-14(19)5-7-15/h4-9H,10H2,1-3H3,(H,22,23)(H2,20,21,24). The number of carbonyl (C=O) groups excluding carboxylic acids is 2. The highest BCUT2D eigenvalue weighted by Crippen LogP contribution is 2.21. The molecule has 0 unspecified atom stereocenters. The molecule has 0 saturated heterocycles. The van der Waals surface area contributed by atoms with Crippen LogP contribution in [0.25, 0.3) is 0 Å². The fourth-order valence-electron chi connectivity index (χ4n) is 2.43. The Labute approximate surface area is 146 Å². The zero-order valence-electron chi connectivity index (χ0n) is 13.9. The predicted molar refractivity (Wildman–Crippen MR) is 97.8 cm³/mol. The number of aryl methyl sites for hydroxylation is 3. The second-order valence-corrected chi connectivity index (χ2v) is 6.07. The molecule has 0 aromatic heterocycles. The van der Waals surface area contributed by atoms with Crippen molar-refractivity contribution in [3.63, 3.8) is 0 Å². The van der Waals surface area contributed by atoms with Gasteiger partial charge in [-0.05, 0) is 56.2 Å². The summed E-state index contributed by atoms with van der Waals surface area (Å²) in [4.78, 5) is 23.8. The van der Waals surface area contributed by atoms with Crippen LogP contribution >= 0.6 is 11.6 Å². The molecule has 0 spiro atoms. The molecule has 24 heavy (non-hydrogen) atoms. The second kappa shape index (κ2) is 7.84. The maximum atomic E-state index is 12.0. The van der Waals surface area contributed by atoms with Gasteiger partial charge in [0.25, 0.3) is 0 Å². The maximum absolute atomic E-state index is 12.0. The molecular formula is C18H20ClN3O2. The van der Waals surface area contributed by atoms with Crippen LogP contribution < -0.4 is 16.0 Å². The van der Waals surface area contributed by atoms with Gasteiger partial charge in [0.2, 0.25) is 5.91 Å². The SMILES string of the molecule is Cc1cc(C)c(NC(=O)CNC(=O)Nc2ccc(Cl)cc2)c(C)c1. The quantitative estimate of drug-likeness (QED) is 0.783. The van der Waals surface area contributed by atoms with E-state index in [9.17, 15) is 9.59 Å². The summed E-state index contributed by atoms with van der Waals surface area (Å²) in [6.07, 6.45) is 0. The minimum Gasteiger partial charge on any atom is -0.329 e. The molecule has 0 radical (unpaired) electrons. The monoisotopic (exact) mass is 345 g/mol. The van der Waals surface area contributed by atoms with Crippen molar-refractivity contribution in [2.45, 2.75) is 20.8 Å². The number of nitrogens with one attached hydrogen (secondary N) is 3. The Bertz CT molecular complexity index is 734. The average molecular weight is 346 g/mol. The first-order chi connectivity index (χ1) is 11.3. The Morgan fingerprint density at radius 2 is 1.54 bits per heavy atom. The average Bonchev–Trinajstić information content (AvgIpc) is 2.51. The van der Waals surface area contributed by atoms with Crippen molar-refractivity contribution in [3.8, 4) is 0 Å². The van der Waals surface area contributed by atoms with E-state index in [1.54, 1.807) is 24.3 Å². The van der Waals surface area contributed by atoms with Crippen LogP contribution in [0.5, 0.6) is 0 Å². The van der Waals surface area contributed by atoms with Gasteiger partial charge < -0.3 is 16.0 Å². The Hall–Kier alpha value is -2.53. The molecule has 0 aliphatic rings. The summed E-state index contributed by atoms with van der Waals surface area (Å²) in [7, 11) is 0. The van der Waals surface area contributed by atoms with E-state index >= 15 is 0 Å². The summed E-state index contributed by atoms with van der Waals surface area (Å²) in [6.45, 7) is 5.77. The third-order valence-corrected chi connectivity index (χ3v) is 3.71. The molecule has 0 bridgehead atoms. The predicted octanol–water partition coefficient (Wildman–Crippen LogP) is 4.03. The number of rotatable bonds is 4. The second-order valence-electron chi connectivity index (χ2n) is 5.64. The smallest absolute Gasteiger partial charge is 0.319 e. The van der Waals surface area contributed by atoms with E-state index in [0.29, 0.717) is 10.7 Å². The number of hydrogen-bond acceptors (Lipinski definition) is 2. The molecule has 3 N–H and O–H groups in total. The highest BCUT2D eigenvalue weighted by atomic mass is 35.5. The molecule has 0 saturated carbocycles. The van der Waals surface area contributed by atoms with Crippen LogP contribution in [0.1, 0.15) is 16.7 Å². The third kappa shape index (κ3) is 4.99. The van der Waals surface area contributed by atoms with Crippen LogP contribution in [0.15, 0.2) is 36.4 Å². The zero-order chi connectivity index (χ0) is 17.7. The summed E-state index contributed by atoms with van der Waals surface area (Å²) in [5.41, 5.74) is 4.51. The van der Waals surface area contributed by atoms with Gasteiger partial charge in [0.1, 0.15) is 0 Å². The topological polar surface area (TPSA) is 70.2 Å². The van der Waals surface area contributed by atoms with Crippen LogP contribution in [-0.4, -0.2) is 18.5 Å². The largest absolute Gasteiger partial charge is 0.329 e. The normalized spacial score (nSPS) is 10.2. The van der Waals surface area contributed by atoms with Gasteiger partial charge in [-0.15, -0.1) is 0 Å². The lowest BCUT2D eigenvalue weighted by Crippen LogP contribution is -2.36. The van der Waals surface area contributed by atoms with E-state index in [2.05, 4.69) is 16.0 Å². The molecule has 2 aromatic carbocycles. The van der Waals surface area contributed by atoms with Gasteiger partial charge in [-0.25, -0.2) is 4.79 Å². The fraction of sp³-hybridized carbons (Fsp3) is 0.222. The minimum absolute atomic E-state index is 0.119. The minimum atomic E-state index is -0.454. The van der Waals surface area contributed by atoms with Crippen molar-refractivity contribution in [1.82, 2.24) is 5.32 Å². The van der Waals surface area contributed by atoms with Crippen LogP contribution in [0, 0.1) is 20.8 Å². The molecule has 0 aliphatic heterocycles. The molecule has 0 aliphatic carbocycles. The van der Waals surface area contributed by atoms with Crippen molar-refractivity contribution in [1.29, 1.82) is 0 Å². The molecule has 2 rings (SSSR count). The summed E-state index contributed by atoms with van der Waals surface area (Å²) >= 11 is 5.78. The van der Waals surface area contributed by atoms with Crippen molar-refractivity contribution in [3.05, 3.63) is 58.1 Å². The van der Waals surface area contributed by atoms with Crippen LogP contribution in [0.2, 0.25) is 5.02 Å². The third-order valence-electron chi connectivity index (χ3n) is 3.45. The highest BCUT2D eigenvalue weighted by Gasteiger charge is 2.10. The number of hydrogen-bond donors (Lipinski definition) is 3. The molecule has 0 atom stereocenters. The van der Waals surface area contributed by atoms with Gasteiger partial charge in [0, 0.05) is 16.4 Å². The first-order valence-electron chi connectivity index (χ1n) is 7.53. The summed E-state index contributed by atoms with van der Waals surface area (Å²) in [5, 5.41) is 8.57. The van der Waals surface area contributed by atoms with Gasteiger partial charge >= 0.3 is 6.03 Å². The van der Waals surface area contributed by atoms with E-state index < -0.39 is 6.03 Å². The van der Waals surface area contributed by atoms with Crippen molar-refractivity contribution in [2.75, 3.05) is 17.2 Å². The molecule has 126 valence electrons. The molecular weight excluding hydrogens is 326 g/mol. The number of benzene rings is 2. The van der Waals surface area contributed by atoms with E-state index in [1.807, 2.05) is 32.9 Å². The molecule has 6 heteroatoms. The van der Waals surface area contributed by atoms with Gasteiger partial charge in [-0.1, -0.05) is 29.3 Å². The highest BCUT2D eigenvalue weighted by molar-refractivity contribution is 6.30. The lowest BCUT2D eigenvalue weighted by atomic mass is 10.1. The van der Waals surface area contributed by atoms with Crippen LogP contribution in [-0.2, 0) is 4.79 Å². The Kier molecular flexibility index (Phi) is 5.82. The van der Waals surface area contributed by atoms with Crippen molar-refractivity contribution < 1.29 is 9.59 Å². The van der Waals surface area contributed by atoms with Crippen LogP contribution in [0.4, 0.5) is 16.2 Å². The van der Waals surface area contributed by atoms with Gasteiger partial charge in [-0.2, -0.15) is 0 Å².